The van der Waals surface area contributed by atoms with Crippen molar-refractivity contribution in [2.45, 2.75) is 25.9 Å². The fourth-order valence-electron chi connectivity index (χ4n) is 5.50. The van der Waals surface area contributed by atoms with Gasteiger partial charge in [-0.15, -0.1) is 0 Å². The van der Waals surface area contributed by atoms with E-state index in [9.17, 15) is 4.79 Å². The molecule has 13 nitrogen and oxygen atoms in total. The van der Waals surface area contributed by atoms with E-state index in [2.05, 4.69) is 42.1 Å². The quantitative estimate of drug-likeness (QED) is 0.272. The molecule has 2 aliphatic rings. The van der Waals surface area contributed by atoms with Crippen LogP contribution in [-0.4, -0.2) is 97.7 Å². The van der Waals surface area contributed by atoms with Crippen molar-refractivity contribution in [3.8, 4) is 17.2 Å². The number of benzene rings is 1. The minimum atomic E-state index is -0.0893. The molecule has 2 aliphatic heterocycles. The fourth-order valence-corrected chi connectivity index (χ4v) is 5.50. The first-order chi connectivity index (χ1) is 21.8. The molecule has 230 valence electrons. The van der Waals surface area contributed by atoms with Crippen LogP contribution in [0.25, 0.3) is 16.7 Å². The average Bonchev–Trinajstić information content (AvgIpc) is 3.46. The summed E-state index contributed by atoms with van der Waals surface area (Å²) in [5.74, 6) is 3.38. The number of nitrogens with one attached hydrogen (secondary N) is 1. The Hall–Kier alpha value is -5.30. The van der Waals surface area contributed by atoms with Crippen LogP contribution in [0.1, 0.15) is 12.5 Å². The maximum Gasteiger partial charge on any atom is 0.246 e. The molecule has 2 bridgehead atoms. The molecule has 13 heteroatoms. The van der Waals surface area contributed by atoms with E-state index in [0.29, 0.717) is 60.2 Å². The number of pyridine rings is 2. The first-order valence-corrected chi connectivity index (χ1v) is 14.9. The molecular formula is C32H34N10O3. The first-order valence-electron chi connectivity index (χ1n) is 14.9. The van der Waals surface area contributed by atoms with Crippen LogP contribution in [0.3, 0.4) is 0 Å². The molecule has 1 amide bonds. The van der Waals surface area contributed by atoms with Crippen LogP contribution in [0.4, 0.5) is 17.3 Å². The zero-order chi connectivity index (χ0) is 31.1. The molecule has 6 heterocycles. The van der Waals surface area contributed by atoms with Gasteiger partial charge in [-0.05, 0) is 57.8 Å². The summed E-state index contributed by atoms with van der Waals surface area (Å²) in [5, 5.41) is 7.54. The lowest BCUT2D eigenvalue weighted by atomic mass is 10.1. The third kappa shape index (κ3) is 5.69. The smallest absolute Gasteiger partial charge is 0.246 e. The minimum Gasteiger partial charge on any atom is -0.487 e. The van der Waals surface area contributed by atoms with Crippen molar-refractivity contribution in [3.05, 3.63) is 73.0 Å². The number of hydrogen-bond donors (Lipinski definition) is 1. The largest absolute Gasteiger partial charge is 0.487 e. The zero-order valence-corrected chi connectivity index (χ0v) is 25.6. The summed E-state index contributed by atoms with van der Waals surface area (Å²) >= 11 is 0. The molecule has 7 rings (SSSR count). The second-order valence-electron chi connectivity index (χ2n) is 11.5. The van der Waals surface area contributed by atoms with Crippen molar-refractivity contribution in [1.82, 2.24) is 39.3 Å². The number of piperazine rings is 1. The highest BCUT2D eigenvalue weighted by molar-refractivity contribution is 5.90. The molecule has 0 aliphatic carbocycles. The van der Waals surface area contributed by atoms with Crippen LogP contribution >= 0.6 is 0 Å². The molecule has 2 atom stereocenters. The maximum absolute atomic E-state index is 13.1. The predicted octanol–water partition coefficient (Wildman–Crippen LogP) is 3.83. The van der Waals surface area contributed by atoms with Crippen molar-refractivity contribution in [2.75, 3.05) is 50.6 Å². The lowest BCUT2D eigenvalue weighted by Gasteiger charge is -2.39. The highest BCUT2D eigenvalue weighted by Crippen LogP contribution is 2.36. The number of ether oxygens (including phenoxy) is 2. The number of hydrogen-bond acceptors (Lipinski definition) is 11. The van der Waals surface area contributed by atoms with E-state index in [1.807, 2.05) is 74.6 Å². The van der Waals surface area contributed by atoms with Gasteiger partial charge in [0, 0.05) is 55.8 Å². The minimum absolute atomic E-state index is 0.00137. The summed E-state index contributed by atoms with van der Waals surface area (Å²) in [6.45, 7) is 6.30. The van der Waals surface area contributed by atoms with Crippen LogP contribution in [0.2, 0.25) is 0 Å². The molecule has 45 heavy (non-hydrogen) atoms. The summed E-state index contributed by atoms with van der Waals surface area (Å²) in [5.41, 5.74) is 3.79. The third-order valence-electron chi connectivity index (χ3n) is 8.30. The summed E-state index contributed by atoms with van der Waals surface area (Å²) < 4.78 is 14.1. The Kier molecular flexibility index (Phi) is 7.37. The Morgan fingerprint density at radius 1 is 1.13 bits per heavy atom. The molecule has 1 N–H and O–H groups in total. The van der Waals surface area contributed by atoms with Gasteiger partial charge in [0.2, 0.25) is 5.91 Å². The zero-order valence-electron chi connectivity index (χ0n) is 25.6. The molecule has 0 spiro atoms. The maximum atomic E-state index is 13.1. The van der Waals surface area contributed by atoms with Crippen LogP contribution in [-0.2, 0) is 4.79 Å². The summed E-state index contributed by atoms with van der Waals surface area (Å²) in [6.07, 6.45) is 8.45. The number of aryl methyl sites for hydroxylation is 1. The van der Waals surface area contributed by atoms with Crippen molar-refractivity contribution in [2.24, 2.45) is 0 Å². The van der Waals surface area contributed by atoms with Crippen LogP contribution in [0, 0.1) is 6.92 Å². The Morgan fingerprint density at radius 2 is 2.02 bits per heavy atom. The number of carbonyl (C=O) groups excluding carboxylic acids is 1. The number of carbonyl (C=O) groups is 1. The number of nitrogens with zero attached hydrogens (tertiary/aromatic N) is 9. The molecule has 1 fully saturated rings. The highest BCUT2D eigenvalue weighted by Gasteiger charge is 2.35. The van der Waals surface area contributed by atoms with Crippen molar-refractivity contribution in [3.63, 3.8) is 0 Å². The van der Waals surface area contributed by atoms with Crippen molar-refractivity contribution in [1.29, 1.82) is 0 Å². The van der Waals surface area contributed by atoms with Crippen molar-refractivity contribution < 1.29 is 14.3 Å². The van der Waals surface area contributed by atoms with Crippen LogP contribution in [0.5, 0.6) is 17.2 Å². The van der Waals surface area contributed by atoms with E-state index in [1.165, 1.54) is 12.7 Å². The molecule has 1 aromatic carbocycles. The number of amides is 1. The van der Waals surface area contributed by atoms with Gasteiger partial charge in [-0.3, -0.25) is 4.79 Å². The van der Waals surface area contributed by atoms with E-state index in [1.54, 1.807) is 10.6 Å². The summed E-state index contributed by atoms with van der Waals surface area (Å²) in [6, 6.07) is 11.5. The van der Waals surface area contributed by atoms with Gasteiger partial charge in [0.15, 0.2) is 23.0 Å². The SMILES string of the molecule is Cc1cc(Nc2ncnc3cc4c(nc23)N2CCN(C(=O)/C=C/[C@H](C)N(C)C)[C@H](CO4)C2)ccc1Oc1ccn2ncnc2c1. The molecule has 1 saturated heterocycles. The summed E-state index contributed by atoms with van der Waals surface area (Å²) in [7, 11) is 3.99. The van der Waals surface area contributed by atoms with E-state index < -0.39 is 0 Å². The van der Waals surface area contributed by atoms with E-state index in [0.717, 1.165) is 22.8 Å². The van der Waals surface area contributed by atoms with E-state index in [-0.39, 0.29) is 18.0 Å². The first kappa shape index (κ1) is 28.5. The fraction of sp³-hybridized carbons (Fsp3) is 0.312. The second kappa shape index (κ2) is 11.7. The Balaban J connectivity index is 1.10. The molecule has 0 saturated carbocycles. The molecule has 4 aromatic heterocycles. The molecule has 0 unspecified atom stereocenters. The average molecular weight is 607 g/mol. The van der Waals surface area contributed by atoms with E-state index in [4.69, 9.17) is 14.5 Å². The van der Waals surface area contributed by atoms with Gasteiger partial charge in [0.25, 0.3) is 0 Å². The lowest BCUT2D eigenvalue weighted by molar-refractivity contribution is -0.129. The van der Waals surface area contributed by atoms with Crippen LogP contribution < -0.4 is 19.7 Å². The van der Waals surface area contributed by atoms with Gasteiger partial charge in [0.05, 0.1) is 11.6 Å². The predicted molar refractivity (Wildman–Crippen MR) is 170 cm³/mol. The van der Waals surface area contributed by atoms with E-state index >= 15 is 0 Å². The van der Waals surface area contributed by atoms with Gasteiger partial charge in [-0.2, -0.15) is 5.10 Å². The van der Waals surface area contributed by atoms with Crippen molar-refractivity contribution >= 4 is 39.9 Å². The van der Waals surface area contributed by atoms with Gasteiger partial charge in [-0.25, -0.2) is 24.5 Å². The van der Waals surface area contributed by atoms with Gasteiger partial charge in [0.1, 0.15) is 36.3 Å². The monoisotopic (exact) mass is 606 g/mol. The molecule has 0 radical (unpaired) electrons. The number of fused-ring (bicyclic) bond motifs is 6. The third-order valence-corrected chi connectivity index (χ3v) is 8.30. The number of aromatic nitrogens is 6. The standard InChI is InChI=1S/C32H34N10O3/c1-20-13-22(6-7-26(20)45-24-9-10-42-28(14-24)34-19-36-42)37-31-30-25(33-18-35-31)15-27-32(38-30)40-11-12-41(23(16-40)17-44-27)29(43)8-5-21(2)39(3)4/h5-10,13-15,18-19,21,23H,11-12,16-17H2,1-4H3,(H,33,35,37)/b8-5+/t21-,23-/m0/s1. The second-order valence-corrected chi connectivity index (χ2v) is 11.5. The van der Waals surface area contributed by atoms with Gasteiger partial charge >= 0.3 is 0 Å². The summed E-state index contributed by atoms with van der Waals surface area (Å²) in [4.78, 5) is 37.5. The lowest BCUT2D eigenvalue weighted by Crippen LogP contribution is -2.56. The van der Waals surface area contributed by atoms with Crippen LogP contribution in [0.15, 0.2) is 67.4 Å². The molecular weight excluding hydrogens is 572 g/mol. The topological polar surface area (TPSA) is 126 Å². The molecule has 5 aromatic rings. The van der Waals surface area contributed by atoms with Gasteiger partial charge < -0.3 is 29.5 Å². The normalized spacial score (nSPS) is 17.0. The Morgan fingerprint density at radius 3 is 2.87 bits per heavy atom. The highest BCUT2D eigenvalue weighted by atomic mass is 16.5. The number of likely N-dealkylation sites (N-methyl/N-ethyl adjacent to an activating group) is 1. The Bertz CT molecular complexity index is 1920. The van der Waals surface area contributed by atoms with Gasteiger partial charge in [-0.1, -0.05) is 6.08 Å². The number of anilines is 3. The Labute approximate surface area is 260 Å². The number of rotatable bonds is 7.